The molecular formula is C16H26N2O. The van der Waals surface area contributed by atoms with Crippen molar-refractivity contribution in [1.29, 1.82) is 0 Å². The number of nitrogens with zero attached hydrogens (tertiary/aromatic N) is 1. The van der Waals surface area contributed by atoms with E-state index >= 15 is 0 Å². The average Bonchev–Trinajstić information content (AvgIpc) is 2.43. The minimum absolute atomic E-state index is 0.443. The van der Waals surface area contributed by atoms with Crippen molar-refractivity contribution in [3.05, 3.63) is 0 Å². The highest BCUT2D eigenvalue weighted by molar-refractivity contribution is 5.76. The number of rotatable bonds is 2. The molecular weight excluding hydrogens is 236 g/mol. The van der Waals surface area contributed by atoms with Gasteiger partial charge in [-0.25, -0.2) is 0 Å². The fraction of sp³-hybridized carbons (Fsp3) is 0.938. The highest BCUT2D eigenvalue weighted by Crippen LogP contribution is 2.57. The van der Waals surface area contributed by atoms with Crippen LogP contribution in [0.4, 0.5) is 0 Å². The third-order valence-corrected chi connectivity index (χ3v) is 6.30. The maximum absolute atomic E-state index is 12.5. The summed E-state index contributed by atoms with van der Waals surface area (Å²) in [5.41, 5.74) is 0. The minimum atomic E-state index is 0.443. The second-order valence-electron chi connectivity index (χ2n) is 7.43. The summed E-state index contributed by atoms with van der Waals surface area (Å²) in [4.78, 5) is 14.6. The summed E-state index contributed by atoms with van der Waals surface area (Å²) < 4.78 is 0. The lowest BCUT2D eigenvalue weighted by Gasteiger charge is -2.54. The van der Waals surface area contributed by atoms with Gasteiger partial charge in [-0.1, -0.05) is 0 Å². The predicted octanol–water partition coefficient (Wildman–Crippen LogP) is 1.88. The Balaban J connectivity index is 1.41. The normalized spacial score (nSPS) is 44.6. The largest absolute Gasteiger partial charge is 0.340 e. The Labute approximate surface area is 116 Å². The number of carbonyl (C=O) groups is 1. The Morgan fingerprint density at radius 3 is 2.11 bits per heavy atom. The van der Waals surface area contributed by atoms with Crippen LogP contribution in [0.2, 0.25) is 0 Å². The zero-order chi connectivity index (χ0) is 12.8. The topological polar surface area (TPSA) is 32.3 Å². The van der Waals surface area contributed by atoms with E-state index in [9.17, 15) is 4.79 Å². The second kappa shape index (κ2) is 4.76. The van der Waals surface area contributed by atoms with E-state index in [0.717, 1.165) is 62.2 Å². The Hall–Kier alpha value is -0.570. The first-order valence-corrected chi connectivity index (χ1v) is 8.28. The van der Waals surface area contributed by atoms with Crippen molar-refractivity contribution in [2.45, 2.75) is 38.5 Å². The summed E-state index contributed by atoms with van der Waals surface area (Å²) in [7, 11) is 0. The van der Waals surface area contributed by atoms with Gasteiger partial charge in [0.25, 0.3) is 0 Å². The number of amides is 1. The van der Waals surface area contributed by atoms with Crippen molar-refractivity contribution in [2.75, 3.05) is 26.2 Å². The number of nitrogens with one attached hydrogen (secondary N) is 1. The van der Waals surface area contributed by atoms with Crippen LogP contribution in [-0.2, 0) is 4.79 Å². The first-order valence-electron chi connectivity index (χ1n) is 8.28. The Kier molecular flexibility index (Phi) is 3.06. The van der Waals surface area contributed by atoms with Crippen molar-refractivity contribution in [2.24, 2.45) is 29.6 Å². The van der Waals surface area contributed by atoms with Gasteiger partial charge >= 0.3 is 0 Å². The molecule has 1 heterocycles. The lowest BCUT2D eigenvalue weighted by atomic mass is 9.51. The van der Waals surface area contributed by atoms with Gasteiger partial charge in [0.2, 0.25) is 5.91 Å². The summed E-state index contributed by atoms with van der Waals surface area (Å²) in [6.07, 6.45) is 8.11. The molecule has 1 N–H and O–H groups in total. The van der Waals surface area contributed by atoms with Gasteiger partial charge in [0.15, 0.2) is 0 Å². The Morgan fingerprint density at radius 2 is 1.53 bits per heavy atom. The van der Waals surface area contributed by atoms with E-state index in [4.69, 9.17) is 0 Å². The van der Waals surface area contributed by atoms with Crippen LogP contribution in [0.3, 0.4) is 0 Å². The maximum atomic E-state index is 12.5. The molecule has 0 aromatic carbocycles. The standard InChI is InChI=1S/C16H26N2O/c19-16(18-3-1-17-2-4-18)10-15-13-6-11-5-12(8-13)9-14(15)7-11/h11-15,17H,1-10H2. The van der Waals surface area contributed by atoms with Crippen LogP contribution < -0.4 is 5.32 Å². The molecule has 0 aromatic rings. The zero-order valence-electron chi connectivity index (χ0n) is 11.8. The molecule has 0 atom stereocenters. The molecule has 1 saturated heterocycles. The minimum Gasteiger partial charge on any atom is -0.340 e. The number of hydrogen-bond acceptors (Lipinski definition) is 2. The monoisotopic (exact) mass is 262 g/mol. The van der Waals surface area contributed by atoms with E-state index < -0.39 is 0 Å². The molecule has 0 spiro atoms. The van der Waals surface area contributed by atoms with Gasteiger partial charge < -0.3 is 10.2 Å². The SMILES string of the molecule is O=C(CC1C2CC3CC(C2)CC1C3)N1CCNCC1. The molecule has 0 unspecified atom stereocenters. The molecule has 1 amide bonds. The zero-order valence-corrected chi connectivity index (χ0v) is 11.8. The average molecular weight is 262 g/mol. The van der Waals surface area contributed by atoms with Crippen LogP contribution in [-0.4, -0.2) is 37.0 Å². The van der Waals surface area contributed by atoms with Crippen molar-refractivity contribution in [3.63, 3.8) is 0 Å². The molecule has 19 heavy (non-hydrogen) atoms. The molecule has 1 aliphatic heterocycles. The van der Waals surface area contributed by atoms with Gasteiger partial charge in [-0.2, -0.15) is 0 Å². The molecule has 4 saturated carbocycles. The van der Waals surface area contributed by atoms with Crippen molar-refractivity contribution < 1.29 is 4.79 Å². The van der Waals surface area contributed by atoms with Gasteiger partial charge in [-0.05, 0) is 61.7 Å². The third-order valence-electron chi connectivity index (χ3n) is 6.30. The summed E-state index contributed by atoms with van der Waals surface area (Å²) >= 11 is 0. The van der Waals surface area contributed by atoms with E-state index in [1.165, 1.54) is 32.1 Å². The van der Waals surface area contributed by atoms with Crippen LogP contribution >= 0.6 is 0 Å². The van der Waals surface area contributed by atoms with Gasteiger partial charge in [0.05, 0.1) is 0 Å². The quantitative estimate of drug-likeness (QED) is 0.824. The number of piperazine rings is 1. The highest BCUT2D eigenvalue weighted by Gasteiger charge is 2.48. The molecule has 5 aliphatic rings. The lowest BCUT2D eigenvalue weighted by Crippen LogP contribution is -2.50. The van der Waals surface area contributed by atoms with Crippen molar-refractivity contribution in [1.82, 2.24) is 10.2 Å². The van der Waals surface area contributed by atoms with Crippen molar-refractivity contribution in [3.8, 4) is 0 Å². The first-order chi connectivity index (χ1) is 9.29. The Bertz CT molecular complexity index is 334. The van der Waals surface area contributed by atoms with E-state index in [0.29, 0.717) is 5.91 Å². The molecule has 5 fully saturated rings. The Morgan fingerprint density at radius 1 is 0.947 bits per heavy atom. The van der Waals surface area contributed by atoms with Crippen LogP contribution in [0, 0.1) is 29.6 Å². The van der Waals surface area contributed by atoms with Gasteiger partial charge in [-0.3, -0.25) is 4.79 Å². The van der Waals surface area contributed by atoms with E-state index in [-0.39, 0.29) is 0 Å². The van der Waals surface area contributed by atoms with Crippen LogP contribution in [0.25, 0.3) is 0 Å². The van der Waals surface area contributed by atoms with Crippen molar-refractivity contribution >= 4 is 5.91 Å². The van der Waals surface area contributed by atoms with E-state index in [1.807, 2.05) is 0 Å². The molecule has 3 heteroatoms. The first kappa shape index (κ1) is 12.2. The number of hydrogen-bond donors (Lipinski definition) is 1. The van der Waals surface area contributed by atoms with Gasteiger partial charge in [0.1, 0.15) is 0 Å². The molecule has 0 radical (unpaired) electrons. The number of carbonyl (C=O) groups excluding carboxylic acids is 1. The third kappa shape index (κ3) is 2.20. The van der Waals surface area contributed by atoms with E-state index in [2.05, 4.69) is 10.2 Å². The summed E-state index contributed by atoms with van der Waals surface area (Å²) in [5, 5.41) is 3.33. The highest BCUT2D eigenvalue weighted by atomic mass is 16.2. The van der Waals surface area contributed by atoms with Crippen LogP contribution in [0.5, 0.6) is 0 Å². The smallest absolute Gasteiger partial charge is 0.222 e. The maximum Gasteiger partial charge on any atom is 0.222 e. The fourth-order valence-electron chi connectivity index (χ4n) is 5.62. The molecule has 0 aromatic heterocycles. The van der Waals surface area contributed by atoms with Gasteiger partial charge in [0, 0.05) is 32.6 Å². The summed E-state index contributed by atoms with van der Waals surface area (Å²) in [6, 6.07) is 0. The molecule has 106 valence electrons. The molecule has 3 nitrogen and oxygen atoms in total. The second-order valence-corrected chi connectivity index (χ2v) is 7.43. The molecule has 5 rings (SSSR count). The van der Waals surface area contributed by atoms with Gasteiger partial charge in [-0.15, -0.1) is 0 Å². The van der Waals surface area contributed by atoms with Crippen LogP contribution in [0.1, 0.15) is 38.5 Å². The predicted molar refractivity (Wildman–Crippen MR) is 74.6 cm³/mol. The molecule has 4 bridgehead atoms. The summed E-state index contributed by atoms with van der Waals surface area (Å²) in [5.74, 6) is 5.00. The lowest BCUT2D eigenvalue weighted by molar-refractivity contribution is -0.136. The summed E-state index contributed by atoms with van der Waals surface area (Å²) in [6.45, 7) is 3.80. The van der Waals surface area contributed by atoms with Crippen LogP contribution in [0.15, 0.2) is 0 Å². The van der Waals surface area contributed by atoms with E-state index in [1.54, 1.807) is 0 Å². The molecule has 4 aliphatic carbocycles. The fourth-order valence-corrected chi connectivity index (χ4v) is 5.62.